The molecule has 0 radical (unpaired) electrons. The molecule has 2 saturated heterocycles. The zero-order valence-corrected chi connectivity index (χ0v) is 16.5. The van der Waals surface area contributed by atoms with E-state index in [-0.39, 0.29) is 18.5 Å². The summed E-state index contributed by atoms with van der Waals surface area (Å²) < 4.78 is 0. The van der Waals surface area contributed by atoms with Crippen LogP contribution in [0.3, 0.4) is 0 Å². The third-order valence-electron chi connectivity index (χ3n) is 5.84. The molecule has 2 heterocycles. The van der Waals surface area contributed by atoms with Gasteiger partial charge in [-0.2, -0.15) is 0 Å². The van der Waals surface area contributed by atoms with Gasteiger partial charge in [-0.25, -0.2) is 4.79 Å². The Balaban J connectivity index is 1.43. The Bertz CT molecular complexity index is 522. The van der Waals surface area contributed by atoms with Gasteiger partial charge in [0.15, 0.2) is 5.96 Å². The van der Waals surface area contributed by atoms with Crippen molar-refractivity contribution in [1.82, 2.24) is 25.8 Å². The van der Waals surface area contributed by atoms with Crippen LogP contribution in [0.5, 0.6) is 0 Å². The van der Waals surface area contributed by atoms with E-state index in [4.69, 9.17) is 0 Å². The normalized spacial score (nSPS) is 23.6. The van der Waals surface area contributed by atoms with Gasteiger partial charge in [0.1, 0.15) is 0 Å². The highest BCUT2D eigenvalue weighted by atomic mass is 16.2. The van der Waals surface area contributed by atoms with Crippen LogP contribution in [0, 0.1) is 0 Å². The molecular formula is C19H34N6O2. The number of likely N-dealkylation sites (tertiary alicyclic amines) is 1. The van der Waals surface area contributed by atoms with E-state index < -0.39 is 0 Å². The van der Waals surface area contributed by atoms with Crippen molar-refractivity contribution in [1.29, 1.82) is 0 Å². The van der Waals surface area contributed by atoms with Gasteiger partial charge in [0.25, 0.3) is 0 Å². The molecule has 3 amide bonds. The molecule has 0 aromatic rings. The monoisotopic (exact) mass is 378 g/mol. The number of aliphatic imine (C=N–C) groups is 1. The van der Waals surface area contributed by atoms with Gasteiger partial charge in [-0.15, -0.1) is 0 Å². The molecule has 0 bridgehead atoms. The van der Waals surface area contributed by atoms with Gasteiger partial charge >= 0.3 is 6.03 Å². The molecule has 8 heteroatoms. The number of hydrogen-bond donors (Lipinski definition) is 3. The number of piperidine rings is 1. The fourth-order valence-corrected chi connectivity index (χ4v) is 4.31. The maximum atomic E-state index is 11.6. The van der Waals surface area contributed by atoms with Crippen LogP contribution in [0.25, 0.3) is 0 Å². The number of imide groups is 1. The van der Waals surface area contributed by atoms with Crippen LogP contribution < -0.4 is 16.0 Å². The van der Waals surface area contributed by atoms with Crippen molar-refractivity contribution in [3.05, 3.63) is 0 Å². The average Bonchev–Trinajstić information content (AvgIpc) is 3.01. The van der Waals surface area contributed by atoms with Crippen molar-refractivity contribution in [2.75, 3.05) is 39.3 Å². The molecule has 0 aromatic heterocycles. The number of rotatable bonds is 6. The number of nitrogens with zero attached hydrogens (tertiary/aromatic N) is 3. The quantitative estimate of drug-likeness (QED) is 0.363. The van der Waals surface area contributed by atoms with E-state index in [0.717, 1.165) is 44.5 Å². The van der Waals surface area contributed by atoms with E-state index in [1.54, 1.807) is 0 Å². The molecule has 1 aliphatic carbocycles. The summed E-state index contributed by atoms with van der Waals surface area (Å²) in [6.07, 6.45) is 9.18. The van der Waals surface area contributed by atoms with Crippen molar-refractivity contribution >= 4 is 17.9 Å². The van der Waals surface area contributed by atoms with Gasteiger partial charge in [0, 0.05) is 31.7 Å². The molecular weight excluding hydrogens is 344 g/mol. The molecule has 3 aliphatic rings. The Morgan fingerprint density at radius 1 is 1.15 bits per heavy atom. The van der Waals surface area contributed by atoms with Crippen molar-refractivity contribution in [3.63, 3.8) is 0 Å². The van der Waals surface area contributed by atoms with Crippen molar-refractivity contribution < 1.29 is 9.59 Å². The summed E-state index contributed by atoms with van der Waals surface area (Å²) in [4.78, 5) is 31.7. The molecule has 3 N–H and O–H groups in total. The average molecular weight is 379 g/mol. The van der Waals surface area contributed by atoms with Gasteiger partial charge < -0.3 is 20.9 Å². The summed E-state index contributed by atoms with van der Waals surface area (Å²) in [6.45, 7) is 5.97. The molecule has 3 rings (SSSR count). The summed E-state index contributed by atoms with van der Waals surface area (Å²) >= 11 is 0. The van der Waals surface area contributed by atoms with Crippen LogP contribution in [0.15, 0.2) is 4.99 Å². The third-order valence-corrected chi connectivity index (χ3v) is 5.84. The smallest absolute Gasteiger partial charge is 0.324 e. The van der Waals surface area contributed by atoms with E-state index >= 15 is 0 Å². The number of urea groups is 1. The first-order chi connectivity index (χ1) is 13.2. The molecule has 0 atom stereocenters. The molecule has 152 valence electrons. The number of hydrogen-bond acceptors (Lipinski definition) is 4. The zero-order valence-electron chi connectivity index (χ0n) is 16.5. The maximum absolute atomic E-state index is 11.6. The minimum Gasteiger partial charge on any atom is -0.357 e. The first kappa shape index (κ1) is 19.9. The van der Waals surface area contributed by atoms with E-state index in [0.29, 0.717) is 19.1 Å². The molecule has 2 aliphatic heterocycles. The van der Waals surface area contributed by atoms with Crippen LogP contribution in [-0.2, 0) is 4.79 Å². The SMILES string of the molecule is CCNC(=NCCN1C(=O)CNC1=O)NC1CCN(C2CCCCC2)CC1. The van der Waals surface area contributed by atoms with E-state index in [1.807, 2.05) is 6.92 Å². The fourth-order valence-electron chi connectivity index (χ4n) is 4.31. The van der Waals surface area contributed by atoms with Crippen molar-refractivity contribution in [2.45, 2.75) is 64.0 Å². The van der Waals surface area contributed by atoms with Crippen LogP contribution in [-0.4, -0.2) is 79.0 Å². The second-order valence-corrected chi connectivity index (χ2v) is 7.71. The third kappa shape index (κ3) is 5.57. The van der Waals surface area contributed by atoms with Gasteiger partial charge in [0.05, 0.1) is 19.6 Å². The lowest BCUT2D eigenvalue weighted by Crippen LogP contribution is -2.51. The zero-order chi connectivity index (χ0) is 19.1. The number of nitrogens with one attached hydrogen (secondary N) is 3. The number of carbonyl (C=O) groups excluding carboxylic acids is 2. The lowest BCUT2D eigenvalue weighted by molar-refractivity contribution is -0.124. The summed E-state index contributed by atoms with van der Waals surface area (Å²) in [5.74, 6) is 0.601. The van der Waals surface area contributed by atoms with Gasteiger partial charge in [0.2, 0.25) is 5.91 Å². The Kier molecular flexibility index (Phi) is 7.32. The molecule has 27 heavy (non-hydrogen) atoms. The Labute approximate surface area is 162 Å². The molecule has 1 saturated carbocycles. The first-order valence-electron chi connectivity index (χ1n) is 10.5. The van der Waals surface area contributed by atoms with E-state index in [1.165, 1.54) is 37.0 Å². The highest BCUT2D eigenvalue weighted by molar-refractivity contribution is 6.01. The number of guanidine groups is 1. The van der Waals surface area contributed by atoms with Gasteiger partial charge in [-0.05, 0) is 32.6 Å². The second-order valence-electron chi connectivity index (χ2n) is 7.71. The second kappa shape index (κ2) is 9.92. The maximum Gasteiger partial charge on any atom is 0.324 e. The molecule has 0 aromatic carbocycles. The Hall–Kier alpha value is -1.83. The minimum absolute atomic E-state index is 0.0977. The van der Waals surface area contributed by atoms with Crippen molar-refractivity contribution in [2.24, 2.45) is 4.99 Å². The Morgan fingerprint density at radius 3 is 2.52 bits per heavy atom. The standard InChI is InChI=1S/C19H34N6O2/c1-2-20-18(21-10-13-25-17(26)14-22-19(25)27)23-15-8-11-24(12-9-15)16-6-4-3-5-7-16/h15-16H,2-14H2,1H3,(H,22,27)(H2,20,21,23). The highest BCUT2D eigenvalue weighted by Crippen LogP contribution is 2.25. The topological polar surface area (TPSA) is 89.1 Å². The lowest BCUT2D eigenvalue weighted by Gasteiger charge is -2.39. The predicted octanol–water partition coefficient (Wildman–Crippen LogP) is 0.890. The number of carbonyl (C=O) groups is 2. The molecule has 0 spiro atoms. The van der Waals surface area contributed by atoms with Crippen LogP contribution in [0.4, 0.5) is 4.79 Å². The summed E-state index contributed by atoms with van der Waals surface area (Å²) in [5.41, 5.74) is 0. The molecule has 3 fully saturated rings. The summed E-state index contributed by atoms with van der Waals surface area (Å²) in [7, 11) is 0. The first-order valence-corrected chi connectivity index (χ1v) is 10.5. The Morgan fingerprint density at radius 2 is 1.89 bits per heavy atom. The summed E-state index contributed by atoms with van der Waals surface area (Å²) in [5, 5.41) is 9.34. The van der Waals surface area contributed by atoms with E-state index in [9.17, 15) is 9.59 Å². The molecule has 8 nitrogen and oxygen atoms in total. The minimum atomic E-state index is -0.316. The lowest BCUT2D eigenvalue weighted by atomic mass is 9.92. The molecule has 0 unspecified atom stereocenters. The van der Waals surface area contributed by atoms with Gasteiger partial charge in [-0.3, -0.25) is 14.7 Å². The van der Waals surface area contributed by atoms with E-state index in [2.05, 4.69) is 25.8 Å². The number of amides is 3. The predicted molar refractivity (Wildman–Crippen MR) is 106 cm³/mol. The van der Waals surface area contributed by atoms with Gasteiger partial charge in [-0.1, -0.05) is 19.3 Å². The van der Waals surface area contributed by atoms with Crippen LogP contribution in [0.1, 0.15) is 51.9 Å². The van der Waals surface area contributed by atoms with Crippen LogP contribution >= 0.6 is 0 Å². The van der Waals surface area contributed by atoms with Crippen molar-refractivity contribution in [3.8, 4) is 0 Å². The van der Waals surface area contributed by atoms with Crippen LogP contribution in [0.2, 0.25) is 0 Å². The fraction of sp³-hybridized carbons (Fsp3) is 0.842. The summed E-state index contributed by atoms with van der Waals surface area (Å²) in [6, 6.07) is 0.911. The largest absolute Gasteiger partial charge is 0.357 e. The highest BCUT2D eigenvalue weighted by Gasteiger charge is 2.28.